The van der Waals surface area contributed by atoms with Crippen LogP contribution >= 0.6 is 0 Å². The third kappa shape index (κ3) is 4.50. The Bertz CT molecular complexity index is 1310. The van der Waals surface area contributed by atoms with Crippen LogP contribution in [-0.4, -0.2) is 91.2 Å². The average molecular weight is 552 g/mol. The number of ether oxygens (including phenoxy) is 2. The molecule has 11 heteroatoms. The highest BCUT2D eigenvalue weighted by Gasteiger charge is 2.75. The maximum absolute atomic E-state index is 14.6. The Morgan fingerprint density at radius 3 is 2.77 bits per heavy atom. The van der Waals surface area contributed by atoms with Gasteiger partial charge in [0.2, 0.25) is 11.8 Å². The molecule has 2 aromatic rings. The summed E-state index contributed by atoms with van der Waals surface area (Å²) in [4.78, 5) is 45.0. The third-order valence-corrected chi connectivity index (χ3v) is 8.32. The Balaban J connectivity index is 1.55. The zero-order valence-corrected chi connectivity index (χ0v) is 23.0. The molecule has 6 atom stereocenters. The molecule has 5 rings (SSSR count). The zero-order chi connectivity index (χ0) is 28.6. The van der Waals surface area contributed by atoms with Crippen LogP contribution < -0.4 is 0 Å². The van der Waals surface area contributed by atoms with Crippen LogP contribution in [0.4, 0.5) is 0 Å². The largest absolute Gasteiger partial charge is 0.461 e. The summed E-state index contributed by atoms with van der Waals surface area (Å²) in [6.07, 6.45) is 4.03. The number of esters is 1. The number of rotatable bonds is 12. The second-order valence-corrected chi connectivity index (χ2v) is 11.3. The molecule has 1 aromatic heterocycles. The number of para-hydroxylation sites is 1. The second kappa shape index (κ2) is 11.1. The molecule has 3 fully saturated rings. The first kappa shape index (κ1) is 28.0. The third-order valence-electron chi connectivity index (χ3n) is 8.32. The molecule has 1 spiro atoms. The van der Waals surface area contributed by atoms with E-state index in [9.17, 15) is 19.5 Å². The van der Waals surface area contributed by atoms with E-state index in [4.69, 9.17) is 9.47 Å². The summed E-state index contributed by atoms with van der Waals surface area (Å²) in [7, 11) is 0. The first-order valence-corrected chi connectivity index (χ1v) is 13.8. The number of aliphatic hydroxyl groups excluding tert-OH is 1. The number of aliphatic hydroxyl groups is 1. The Labute approximate surface area is 233 Å². The number of hydrogen-bond donors (Lipinski definition) is 1. The van der Waals surface area contributed by atoms with Gasteiger partial charge in [-0.1, -0.05) is 49.9 Å². The summed E-state index contributed by atoms with van der Waals surface area (Å²) in [5.74, 6) is -2.79. The van der Waals surface area contributed by atoms with E-state index in [1.54, 1.807) is 15.7 Å². The number of carbonyl (C=O) groups is 3. The van der Waals surface area contributed by atoms with Gasteiger partial charge in [0.15, 0.2) is 0 Å². The van der Waals surface area contributed by atoms with E-state index in [1.165, 1.54) is 11.0 Å². The molecule has 0 radical (unpaired) electrons. The normalized spacial score (nSPS) is 27.7. The van der Waals surface area contributed by atoms with Crippen molar-refractivity contribution >= 4 is 28.8 Å². The maximum Gasteiger partial charge on any atom is 0.312 e. The Hall–Kier alpha value is -3.57. The molecular weight excluding hydrogens is 514 g/mol. The minimum Gasteiger partial charge on any atom is -0.461 e. The van der Waals surface area contributed by atoms with Gasteiger partial charge in [0.05, 0.1) is 36.1 Å². The Morgan fingerprint density at radius 1 is 1.30 bits per heavy atom. The van der Waals surface area contributed by atoms with Gasteiger partial charge in [0.1, 0.15) is 30.4 Å². The average Bonchev–Trinajstić information content (AvgIpc) is 3.69. The number of nitrogens with zero attached hydrogens (tertiary/aromatic N) is 5. The molecule has 3 saturated heterocycles. The molecule has 11 nitrogen and oxygen atoms in total. The van der Waals surface area contributed by atoms with Crippen LogP contribution in [0.1, 0.15) is 33.1 Å². The standard InChI is InChI=1S/C29H37N5O6/c1-5-13-32(17-33-21-10-8-7-9-20(21)30-31-33)27(37)25-29-12-11-22(40-29)23(28(38)39-14-6-2)24(29)26(36)34(25)19(16-35)15-18(3)4/h5-10,18-19,22-25,35H,1-2,11-17H2,3-4H3/t19-,22-,23+,24+,25?,29?/m1/s1. The minimum absolute atomic E-state index is 0.0215. The lowest BCUT2D eigenvalue weighted by atomic mass is 9.70. The molecule has 214 valence electrons. The van der Waals surface area contributed by atoms with Gasteiger partial charge >= 0.3 is 5.97 Å². The second-order valence-electron chi connectivity index (χ2n) is 11.3. The molecule has 2 unspecified atom stereocenters. The van der Waals surface area contributed by atoms with Crippen LogP contribution in [0.25, 0.3) is 11.0 Å². The highest BCUT2D eigenvalue weighted by Crippen LogP contribution is 2.59. The molecule has 1 N–H and O–H groups in total. The molecule has 40 heavy (non-hydrogen) atoms. The fourth-order valence-electron chi connectivity index (χ4n) is 6.82. The van der Waals surface area contributed by atoms with Crippen LogP contribution in [0.3, 0.4) is 0 Å². The van der Waals surface area contributed by atoms with Crippen molar-refractivity contribution in [2.45, 2.75) is 63.6 Å². The van der Waals surface area contributed by atoms with E-state index in [-0.39, 0.29) is 44.2 Å². The van der Waals surface area contributed by atoms with Gasteiger partial charge in [0, 0.05) is 6.54 Å². The predicted molar refractivity (Wildman–Crippen MR) is 145 cm³/mol. The van der Waals surface area contributed by atoms with Crippen LogP contribution in [0, 0.1) is 17.8 Å². The first-order chi connectivity index (χ1) is 19.3. The number of benzene rings is 1. The summed E-state index contributed by atoms with van der Waals surface area (Å²) in [6, 6.07) is 5.80. The van der Waals surface area contributed by atoms with Gasteiger partial charge in [-0.25, -0.2) is 4.68 Å². The topological polar surface area (TPSA) is 127 Å². The summed E-state index contributed by atoms with van der Waals surface area (Å²) in [5, 5.41) is 18.9. The van der Waals surface area contributed by atoms with Gasteiger partial charge in [-0.15, -0.1) is 11.7 Å². The molecular formula is C29H37N5O6. The SMILES string of the molecule is C=CCOC(=O)[C@@H]1[C@H]2C(=O)N([C@@H](CO)CC(C)C)C(C(=O)N(CC=C)Cn3nnc4ccccc43)C23CC[C@H]1O3. The first-order valence-electron chi connectivity index (χ1n) is 13.8. The summed E-state index contributed by atoms with van der Waals surface area (Å²) in [5.41, 5.74) is 0.252. The van der Waals surface area contributed by atoms with Crippen molar-refractivity contribution in [3.8, 4) is 0 Å². The van der Waals surface area contributed by atoms with Crippen LogP contribution in [-0.2, 0) is 30.5 Å². The number of likely N-dealkylation sites (tertiary alicyclic amines) is 1. The van der Waals surface area contributed by atoms with E-state index in [1.807, 2.05) is 38.1 Å². The number of aromatic nitrogens is 3. The number of hydrogen-bond acceptors (Lipinski definition) is 8. The fraction of sp³-hybridized carbons (Fsp3) is 0.552. The van der Waals surface area contributed by atoms with E-state index < -0.39 is 41.6 Å². The molecule has 2 bridgehead atoms. The minimum atomic E-state index is -1.20. The highest BCUT2D eigenvalue weighted by atomic mass is 16.6. The molecule has 1 aromatic carbocycles. The van der Waals surface area contributed by atoms with Crippen molar-refractivity contribution in [2.24, 2.45) is 17.8 Å². The van der Waals surface area contributed by atoms with E-state index in [0.717, 1.165) is 5.52 Å². The van der Waals surface area contributed by atoms with Gasteiger partial charge in [-0.05, 0) is 37.3 Å². The van der Waals surface area contributed by atoms with Crippen molar-refractivity contribution in [3.05, 3.63) is 49.6 Å². The molecule has 4 heterocycles. The van der Waals surface area contributed by atoms with Crippen molar-refractivity contribution in [1.29, 1.82) is 0 Å². The smallest absolute Gasteiger partial charge is 0.312 e. The van der Waals surface area contributed by atoms with E-state index in [2.05, 4.69) is 23.5 Å². The lowest BCUT2D eigenvalue weighted by Crippen LogP contribution is -2.59. The van der Waals surface area contributed by atoms with E-state index >= 15 is 0 Å². The lowest BCUT2D eigenvalue weighted by molar-refractivity contribution is -0.156. The van der Waals surface area contributed by atoms with Crippen molar-refractivity contribution in [1.82, 2.24) is 24.8 Å². The van der Waals surface area contributed by atoms with Crippen molar-refractivity contribution < 1.29 is 29.0 Å². The number of amides is 2. The molecule has 2 amide bonds. The summed E-state index contributed by atoms with van der Waals surface area (Å²) >= 11 is 0. The summed E-state index contributed by atoms with van der Waals surface area (Å²) < 4.78 is 13.5. The Kier molecular flexibility index (Phi) is 7.78. The molecule has 3 aliphatic heterocycles. The van der Waals surface area contributed by atoms with Gasteiger partial charge < -0.3 is 24.4 Å². The van der Waals surface area contributed by atoms with Crippen molar-refractivity contribution in [3.63, 3.8) is 0 Å². The predicted octanol–water partition coefficient (Wildman–Crippen LogP) is 1.91. The van der Waals surface area contributed by atoms with Crippen LogP contribution in [0.15, 0.2) is 49.6 Å². The lowest BCUT2D eigenvalue weighted by Gasteiger charge is -2.39. The maximum atomic E-state index is 14.6. The molecule has 0 aliphatic carbocycles. The van der Waals surface area contributed by atoms with Crippen molar-refractivity contribution in [2.75, 3.05) is 19.8 Å². The summed E-state index contributed by atoms with van der Waals surface area (Å²) in [6.45, 7) is 11.4. The van der Waals surface area contributed by atoms with Gasteiger partial charge in [0.25, 0.3) is 0 Å². The van der Waals surface area contributed by atoms with Crippen LogP contribution in [0.5, 0.6) is 0 Å². The van der Waals surface area contributed by atoms with Gasteiger partial charge in [-0.2, -0.15) is 0 Å². The molecule has 0 saturated carbocycles. The quantitative estimate of drug-likeness (QED) is 0.313. The number of carbonyl (C=O) groups excluding carboxylic acids is 3. The van der Waals surface area contributed by atoms with Crippen LogP contribution in [0.2, 0.25) is 0 Å². The highest BCUT2D eigenvalue weighted by molar-refractivity contribution is 5.98. The monoisotopic (exact) mass is 551 g/mol. The van der Waals surface area contributed by atoms with E-state index in [0.29, 0.717) is 24.8 Å². The number of fused-ring (bicyclic) bond motifs is 2. The van der Waals surface area contributed by atoms with Gasteiger partial charge in [-0.3, -0.25) is 14.4 Å². The fourth-order valence-corrected chi connectivity index (χ4v) is 6.82. The zero-order valence-electron chi connectivity index (χ0n) is 23.0. The Morgan fingerprint density at radius 2 is 2.08 bits per heavy atom. The molecule has 3 aliphatic rings.